The quantitative estimate of drug-likeness (QED) is 0.824. The monoisotopic (exact) mass is 274 g/mol. The van der Waals surface area contributed by atoms with Gasteiger partial charge in [-0.15, -0.1) is 0 Å². The summed E-state index contributed by atoms with van der Waals surface area (Å²) in [5.41, 5.74) is 0. The highest BCUT2D eigenvalue weighted by molar-refractivity contribution is 7.89. The van der Waals surface area contributed by atoms with Crippen molar-refractivity contribution < 1.29 is 13.2 Å². The zero-order valence-electron chi connectivity index (χ0n) is 10.7. The van der Waals surface area contributed by atoms with Crippen LogP contribution in [0.4, 0.5) is 0 Å². The molecule has 1 saturated carbocycles. The van der Waals surface area contributed by atoms with Gasteiger partial charge in [0.05, 0.1) is 5.75 Å². The van der Waals surface area contributed by atoms with Crippen LogP contribution in [0.3, 0.4) is 0 Å². The summed E-state index contributed by atoms with van der Waals surface area (Å²) in [6.07, 6.45) is 5.89. The zero-order valence-corrected chi connectivity index (χ0v) is 11.5. The Bertz CT molecular complexity index is 388. The fourth-order valence-electron chi connectivity index (χ4n) is 2.78. The number of amides is 1. The van der Waals surface area contributed by atoms with Crippen molar-refractivity contribution in [1.82, 2.24) is 9.62 Å². The standard InChI is InChI=1S/C12H22N2O3S/c15-12-6-8-14(9-7-13-12)18(16,17)10-11-4-2-1-3-5-11/h11H,1-10H2,(H,13,15). The number of hydrogen-bond donors (Lipinski definition) is 1. The predicted molar refractivity (Wildman–Crippen MR) is 69.6 cm³/mol. The third-order valence-corrected chi connectivity index (χ3v) is 5.88. The van der Waals surface area contributed by atoms with Gasteiger partial charge in [0, 0.05) is 26.1 Å². The van der Waals surface area contributed by atoms with Gasteiger partial charge in [0.2, 0.25) is 15.9 Å². The first-order valence-electron chi connectivity index (χ1n) is 6.82. The van der Waals surface area contributed by atoms with Gasteiger partial charge in [-0.2, -0.15) is 4.31 Å². The number of hydrogen-bond acceptors (Lipinski definition) is 3. The van der Waals surface area contributed by atoms with Crippen LogP contribution in [-0.4, -0.2) is 44.0 Å². The molecule has 1 saturated heterocycles. The van der Waals surface area contributed by atoms with Gasteiger partial charge < -0.3 is 5.32 Å². The Morgan fingerprint density at radius 2 is 1.89 bits per heavy atom. The van der Waals surface area contributed by atoms with Crippen molar-refractivity contribution in [2.24, 2.45) is 5.92 Å². The maximum atomic E-state index is 12.3. The Balaban J connectivity index is 1.94. The molecular formula is C12H22N2O3S. The smallest absolute Gasteiger partial charge is 0.221 e. The van der Waals surface area contributed by atoms with Crippen LogP contribution < -0.4 is 5.32 Å². The molecule has 0 aromatic heterocycles. The van der Waals surface area contributed by atoms with Gasteiger partial charge in [0.1, 0.15) is 0 Å². The first kappa shape index (κ1) is 13.8. The average Bonchev–Trinajstić information content (AvgIpc) is 2.55. The molecule has 5 nitrogen and oxygen atoms in total. The van der Waals surface area contributed by atoms with Gasteiger partial charge in [0.25, 0.3) is 0 Å². The molecule has 0 aromatic rings. The highest BCUT2D eigenvalue weighted by Gasteiger charge is 2.28. The number of rotatable bonds is 3. The molecular weight excluding hydrogens is 252 g/mol. The summed E-state index contributed by atoms with van der Waals surface area (Å²) in [4.78, 5) is 11.2. The molecule has 1 N–H and O–H groups in total. The Morgan fingerprint density at radius 3 is 2.61 bits per heavy atom. The van der Waals surface area contributed by atoms with Crippen LogP contribution in [0, 0.1) is 5.92 Å². The maximum Gasteiger partial charge on any atom is 0.221 e. The third kappa shape index (κ3) is 3.68. The predicted octanol–water partition coefficient (Wildman–Crippen LogP) is 0.718. The first-order valence-corrected chi connectivity index (χ1v) is 8.43. The van der Waals surface area contributed by atoms with E-state index < -0.39 is 10.0 Å². The molecule has 1 aliphatic heterocycles. The molecule has 1 aliphatic carbocycles. The average molecular weight is 274 g/mol. The van der Waals surface area contributed by atoms with Crippen molar-refractivity contribution >= 4 is 15.9 Å². The molecule has 0 bridgehead atoms. The molecule has 0 aromatic carbocycles. The van der Waals surface area contributed by atoms with Crippen LogP contribution in [0.5, 0.6) is 0 Å². The lowest BCUT2D eigenvalue weighted by Crippen LogP contribution is -2.38. The summed E-state index contributed by atoms with van der Waals surface area (Å²) in [5.74, 6) is 0.530. The lowest BCUT2D eigenvalue weighted by atomic mass is 9.91. The molecule has 0 spiro atoms. The van der Waals surface area contributed by atoms with E-state index in [9.17, 15) is 13.2 Å². The lowest BCUT2D eigenvalue weighted by molar-refractivity contribution is -0.120. The minimum atomic E-state index is -3.19. The van der Waals surface area contributed by atoms with Crippen LogP contribution in [0.2, 0.25) is 0 Å². The summed E-state index contributed by atoms with van der Waals surface area (Å²) in [5, 5.41) is 2.71. The number of carbonyl (C=O) groups is 1. The van der Waals surface area contributed by atoms with Gasteiger partial charge in [0.15, 0.2) is 0 Å². The third-order valence-electron chi connectivity index (χ3n) is 3.84. The second-order valence-corrected chi connectivity index (χ2v) is 7.30. The van der Waals surface area contributed by atoms with Crippen molar-refractivity contribution in [2.45, 2.75) is 38.5 Å². The van der Waals surface area contributed by atoms with Crippen molar-refractivity contribution in [1.29, 1.82) is 0 Å². The van der Waals surface area contributed by atoms with Crippen LogP contribution in [-0.2, 0) is 14.8 Å². The van der Waals surface area contributed by atoms with E-state index in [1.807, 2.05) is 0 Å². The highest BCUT2D eigenvalue weighted by Crippen LogP contribution is 2.25. The van der Waals surface area contributed by atoms with E-state index in [-0.39, 0.29) is 18.1 Å². The number of nitrogens with zero attached hydrogens (tertiary/aromatic N) is 1. The van der Waals surface area contributed by atoms with E-state index in [2.05, 4.69) is 5.32 Å². The van der Waals surface area contributed by atoms with E-state index in [0.29, 0.717) is 25.6 Å². The fraction of sp³-hybridized carbons (Fsp3) is 0.917. The summed E-state index contributed by atoms with van der Waals surface area (Å²) < 4.78 is 26.1. The minimum Gasteiger partial charge on any atom is -0.355 e. The Kier molecular flexibility index (Phi) is 4.61. The van der Waals surface area contributed by atoms with Gasteiger partial charge in [-0.3, -0.25) is 4.79 Å². The molecule has 2 fully saturated rings. The highest BCUT2D eigenvalue weighted by atomic mass is 32.2. The van der Waals surface area contributed by atoms with Gasteiger partial charge in [-0.1, -0.05) is 19.3 Å². The molecule has 2 rings (SSSR count). The van der Waals surface area contributed by atoms with Crippen LogP contribution >= 0.6 is 0 Å². The molecule has 18 heavy (non-hydrogen) atoms. The van der Waals surface area contributed by atoms with E-state index >= 15 is 0 Å². The Hall–Kier alpha value is -0.620. The summed E-state index contributed by atoms with van der Waals surface area (Å²) in [6, 6.07) is 0. The van der Waals surface area contributed by atoms with E-state index in [1.54, 1.807) is 0 Å². The first-order chi connectivity index (χ1) is 8.58. The number of sulfonamides is 1. The summed E-state index contributed by atoms with van der Waals surface area (Å²) in [6.45, 7) is 1.18. The van der Waals surface area contributed by atoms with E-state index in [4.69, 9.17) is 0 Å². The molecule has 2 aliphatic rings. The molecule has 104 valence electrons. The topological polar surface area (TPSA) is 66.5 Å². The fourth-order valence-corrected chi connectivity index (χ4v) is 4.66. The minimum absolute atomic E-state index is 0.0506. The molecule has 1 heterocycles. The molecule has 6 heteroatoms. The van der Waals surface area contributed by atoms with Crippen molar-refractivity contribution in [3.8, 4) is 0 Å². The van der Waals surface area contributed by atoms with Crippen LogP contribution in [0.25, 0.3) is 0 Å². The van der Waals surface area contributed by atoms with Crippen molar-refractivity contribution in [3.05, 3.63) is 0 Å². The Labute approximate surface area is 109 Å². The molecule has 0 unspecified atom stereocenters. The largest absolute Gasteiger partial charge is 0.355 e. The molecule has 0 atom stereocenters. The molecule has 0 radical (unpaired) electrons. The van der Waals surface area contributed by atoms with Crippen molar-refractivity contribution in [3.63, 3.8) is 0 Å². The van der Waals surface area contributed by atoms with Gasteiger partial charge >= 0.3 is 0 Å². The van der Waals surface area contributed by atoms with Gasteiger partial charge in [-0.25, -0.2) is 8.42 Å². The summed E-state index contributed by atoms with van der Waals surface area (Å²) >= 11 is 0. The maximum absolute atomic E-state index is 12.3. The lowest BCUT2D eigenvalue weighted by Gasteiger charge is -2.25. The van der Waals surface area contributed by atoms with E-state index in [1.165, 1.54) is 10.7 Å². The number of nitrogens with one attached hydrogen (secondary N) is 1. The Morgan fingerprint density at radius 1 is 1.17 bits per heavy atom. The number of carbonyl (C=O) groups excluding carboxylic acids is 1. The normalized spacial score (nSPS) is 24.6. The SMILES string of the molecule is O=C1CCN(S(=O)(=O)CC2CCCCC2)CCN1. The molecule has 1 amide bonds. The summed E-state index contributed by atoms with van der Waals surface area (Å²) in [7, 11) is -3.19. The second-order valence-electron chi connectivity index (χ2n) is 5.28. The van der Waals surface area contributed by atoms with Crippen LogP contribution in [0.15, 0.2) is 0 Å². The van der Waals surface area contributed by atoms with Crippen LogP contribution in [0.1, 0.15) is 38.5 Å². The van der Waals surface area contributed by atoms with Crippen molar-refractivity contribution in [2.75, 3.05) is 25.4 Å². The van der Waals surface area contributed by atoms with Gasteiger partial charge in [-0.05, 0) is 18.8 Å². The van der Waals surface area contributed by atoms with E-state index in [0.717, 1.165) is 25.7 Å². The zero-order chi connectivity index (χ0) is 13.0. The second kappa shape index (κ2) is 6.02.